The van der Waals surface area contributed by atoms with Crippen molar-refractivity contribution in [2.45, 2.75) is 13.3 Å². The molecular formula is C13H18N4O4. The summed E-state index contributed by atoms with van der Waals surface area (Å²) in [5.41, 5.74) is -0.407. The number of hydrogen-bond acceptors (Lipinski definition) is 6. The Hall–Kier alpha value is -2.22. The van der Waals surface area contributed by atoms with Crippen LogP contribution >= 0.6 is 0 Å². The summed E-state index contributed by atoms with van der Waals surface area (Å²) in [6.45, 7) is 5.60. The molecule has 0 amide bonds. The molecule has 0 bridgehead atoms. The van der Waals surface area contributed by atoms with Gasteiger partial charge in [-0.25, -0.2) is 9.78 Å². The van der Waals surface area contributed by atoms with E-state index in [4.69, 9.17) is 5.11 Å². The van der Waals surface area contributed by atoms with Gasteiger partial charge in [-0.3, -0.25) is 10.1 Å². The molecule has 8 nitrogen and oxygen atoms in total. The maximum Gasteiger partial charge on any atom is 0.354 e. The fraction of sp³-hybridized carbons (Fsp3) is 0.538. The molecule has 2 heterocycles. The summed E-state index contributed by atoms with van der Waals surface area (Å²) >= 11 is 0. The molecule has 0 aliphatic carbocycles. The minimum Gasteiger partial charge on any atom is -0.477 e. The number of hydrogen-bond donors (Lipinski definition) is 2. The van der Waals surface area contributed by atoms with Gasteiger partial charge in [0.1, 0.15) is 0 Å². The molecule has 0 radical (unpaired) electrons. The van der Waals surface area contributed by atoms with Crippen LogP contribution in [0, 0.1) is 16.0 Å². The number of anilines is 1. The molecule has 0 saturated carbocycles. The van der Waals surface area contributed by atoms with E-state index in [1.54, 1.807) is 0 Å². The van der Waals surface area contributed by atoms with E-state index in [0.717, 1.165) is 32.1 Å². The van der Waals surface area contributed by atoms with Gasteiger partial charge in [0.2, 0.25) is 5.82 Å². The Morgan fingerprint density at radius 1 is 1.62 bits per heavy atom. The Morgan fingerprint density at radius 3 is 2.95 bits per heavy atom. The van der Waals surface area contributed by atoms with Crippen molar-refractivity contribution in [2.75, 3.05) is 31.5 Å². The SMILES string of the molecule is CCN1CCC(CNc2nc(C(=O)O)ccc2[N+](=O)[O-])C1. The Bertz CT molecular complexity index is 549. The fourth-order valence-corrected chi connectivity index (χ4v) is 2.46. The zero-order valence-electron chi connectivity index (χ0n) is 11.8. The summed E-state index contributed by atoms with van der Waals surface area (Å²) in [6.07, 6.45) is 1.02. The van der Waals surface area contributed by atoms with E-state index < -0.39 is 10.9 Å². The highest BCUT2D eigenvalue weighted by molar-refractivity contribution is 5.86. The molecule has 1 aromatic heterocycles. The van der Waals surface area contributed by atoms with Crippen molar-refractivity contribution in [3.05, 3.63) is 27.9 Å². The van der Waals surface area contributed by atoms with E-state index in [2.05, 4.69) is 22.1 Å². The highest BCUT2D eigenvalue weighted by Crippen LogP contribution is 2.24. The molecule has 8 heteroatoms. The monoisotopic (exact) mass is 294 g/mol. The van der Waals surface area contributed by atoms with Gasteiger partial charge >= 0.3 is 11.7 Å². The molecule has 1 saturated heterocycles. The topological polar surface area (TPSA) is 109 Å². The first-order valence-corrected chi connectivity index (χ1v) is 6.86. The van der Waals surface area contributed by atoms with Gasteiger partial charge in [-0.05, 0) is 31.5 Å². The van der Waals surface area contributed by atoms with Crippen LogP contribution in [-0.2, 0) is 0 Å². The lowest BCUT2D eigenvalue weighted by Gasteiger charge is -2.14. The zero-order valence-corrected chi connectivity index (χ0v) is 11.8. The largest absolute Gasteiger partial charge is 0.477 e. The lowest BCUT2D eigenvalue weighted by Crippen LogP contribution is -2.23. The first-order valence-electron chi connectivity index (χ1n) is 6.86. The third-order valence-corrected chi connectivity index (χ3v) is 3.67. The molecule has 0 aromatic carbocycles. The number of nitrogens with zero attached hydrogens (tertiary/aromatic N) is 3. The van der Waals surface area contributed by atoms with Crippen molar-refractivity contribution in [3.63, 3.8) is 0 Å². The van der Waals surface area contributed by atoms with Crippen LogP contribution in [0.3, 0.4) is 0 Å². The van der Waals surface area contributed by atoms with Crippen molar-refractivity contribution in [1.82, 2.24) is 9.88 Å². The number of likely N-dealkylation sites (tertiary alicyclic amines) is 1. The molecule has 1 fully saturated rings. The van der Waals surface area contributed by atoms with Gasteiger partial charge in [0.25, 0.3) is 0 Å². The van der Waals surface area contributed by atoms with E-state index in [1.165, 1.54) is 6.07 Å². The van der Waals surface area contributed by atoms with Crippen LogP contribution in [0.25, 0.3) is 0 Å². The van der Waals surface area contributed by atoms with E-state index in [0.29, 0.717) is 12.5 Å². The molecule has 1 aromatic rings. The van der Waals surface area contributed by atoms with Gasteiger partial charge in [0.05, 0.1) is 4.92 Å². The predicted molar refractivity (Wildman–Crippen MR) is 76.6 cm³/mol. The Balaban J connectivity index is 2.08. The maximum atomic E-state index is 11.0. The molecule has 114 valence electrons. The number of aromatic carboxylic acids is 1. The second-order valence-electron chi connectivity index (χ2n) is 5.06. The first-order chi connectivity index (χ1) is 10.0. The van der Waals surface area contributed by atoms with Gasteiger partial charge in [0.15, 0.2) is 5.69 Å². The number of nitrogens with one attached hydrogen (secondary N) is 1. The number of carboxylic acids is 1. The lowest BCUT2D eigenvalue weighted by molar-refractivity contribution is -0.384. The average molecular weight is 294 g/mol. The fourth-order valence-electron chi connectivity index (χ4n) is 2.46. The molecule has 2 N–H and O–H groups in total. The smallest absolute Gasteiger partial charge is 0.354 e. The van der Waals surface area contributed by atoms with Gasteiger partial charge < -0.3 is 15.3 Å². The molecule has 1 aliphatic rings. The lowest BCUT2D eigenvalue weighted by atomic mass is 10.1. The first kappa shape index (κ1) is 15.2. The Morgan fingerprint density at radius 2 is 2.38 bits per heavy atom. The average Bonchev–Trinajstić information content (AvgIpc) is 2.92. The maximum absolute atomic E-state index is 11.0. The minimum absolute atomic E-state index is 0.0230. The van der Waals surface area contributed by atoms with E-state index in [9.17, 15) is 14.9 Å². The number of pyridine rings is 1. The van der Waals surface area contributed by atoms with E-state index in [1.807, 2.05) is 0 Å². The zero-order chi connectivity index (χ0) is 15.4. The third-order valence-electron chi connectivity index (χ3n) is 3.67. The summed E-state index contributed by atoms with van der Waals surface area (Å²) < 4.78 is 0. The summed E-state index contributed by atoms with van der Waals surface area (Å²) in [7, 11) is 0. The molecule has 1 atom stereocenters. The highest BCUT2D eigenvalue weighted by atomic mass is 16.6. The van der Waals surface area contributed by atoms with Crippen LogP contribution < -0.4 is 5.32 Å². The molecule has 2 rings (SSSR count). The van der Waals surface area contributed by atoms with Crippen LogP contribution in [0.2, 0.25) is 0 Å². The van der Waals surface area contributed by atoms with Crippen LogP contribution in [0.1, 0.15) is 23.8 Å². The number of carboxylic acid groups (broad SMARTS) is 1. The van der Waals surface area contributed by atoms with Gasteiger partial charge in [-0.2, -0.15) is 0 Å². The van der Waals surface area contributed by atoms with E-state index in [-0.39, 0.29) is 17.2 Å². The van der Waals surface area contributed by atoms with Crippen molar-refractivity contribution >= 4 is 17.5 Å². The Labute approximate surface area is 121 Å². The third kappa shape index (κ3) is 3.66. The summed E-state index contributed by atoms with van der Waals surface area (Å²) in [4.78, 5) is 27.5. The van der Waals surface area contributed by atoms with Crippen LogP contribution in [0.4, 0.5) is 11.5 Å². The summed E-state index contributed by atoms with van der Waals surface area (Å²) in [5, 5.41) is 22.8. The van der Waals surface area contributed by atoms with Crippen molar-refractivity contribution in [3.8, 4) is 0 Å². The molecular weight excluding hydrogens is 276 g/mol. The van der Waals surface area contributed by atoms with Crippen LogP contribution in [0.15, 0.2) is 12.1 Å². The normalized spacial score (nSPS) is 18.6. The second-order valence-corrected chi connectivity index (χ2v) is 5.06. The summed E-state index contributed by atoms with van der Waals surface area (Å²) in [5.74, 6) is -0.791. The summed E-state index contributed by atoms with van der Waals surface area (Å²) in [6, 6.07) is 2.31. The Kier molecular flexibility index (Phi) is 4.69. The van der Waals surface area contributed by atoms with Crippen LogP contribution in [0.5, 0.6) is 0 Å². The molecule has 1 aliphatic heterocycles. The standard InChI is InChI=1S/C13H18N4O4/c1-2-16-6-5-9(8-16)7-14-12-11(17(20)21)4-3-10(15-12)13(18)19/h3-4,9H,2,5-8H2,1H3,(H,14,15)(H,18,19). The van der Waals surface area contributed by atoms with Crippen molar-refractivity contribution in [1.29, 1.82) is 0 Å². The van der Waals surface area contributed by atoms with Gasteiger partial charge in [-0.15, -0.1) is 0 Å². The highest BCUT2D eigenvalue weighted by Gasteiger charge is 2.23. The minimum atomic E-state index is -1.20. The number of rotatable bonds is 6. The number of aromatic nitrogens is 1. The predicted octanol–water partition coefficient (Wildman–Crippen LogP) is 1.44. The van der Waals surface area contributed by atoms with Gasteiger partial charge in [0, 0.05) is 19.2 Å². The molecule has 0 spiro atoms. The number of nitro groups is 1. The quantitative estimate of drug-likeness (QED) is 0.603. The number of carbonyl (C=O) groups is 1. The van der Waals surface area contributed by atoms with Crippen molar-refractivity contribution in [2.24, 2.45) is 5.92 Å². The van der Waals surface area contributed by atoms with Crippen LogP contribution in [-0.4, -0.2) is 52.1 Å². The van der Waals surface area contributed by atoms with Crippen molar-refractivity contribution < 1.29 is 14.8 Å². The molecule has 1 unspecified atom stereocenters. The van der Waals surface area contributed by atoms with E-state index >= 15 is 0 Å². The second kappa shape index (κ2) is 6.49. The van der Waals surface area contributed by atoms with Gasteiger partial charge in [-0.1, -0.05) is 6.92 Å². The molecule has 21 heavy (non-hydrogen) atoms.